The number of carbonyl (C=O) groups is 4. The van der Waals surface area contributed by atoms with Gasteiger partial charge in [-0.15, -0.1) is 0 Å². The number of aromatic amines is 1. The number of unbranched alkanes of at least 4 members (excludes halogenated alkanes) is 1. The lowest BCUT2D eigenvalue weighted by molar-refractivity contribution is -0.142. The van der Waals surface area contributed by atoms with Gasteiger partial charge in [0.2, 0.25) is 17.7 Å². The molecule has 0 aromatic carbocycles. The van der Waals surface area contributed by atoms with Gasteiger partial charge < -0.3 is 49.0 Å². The van der Waals surface area contributed by atoms with Crippen LogP contribution in [-0.2, 0) is 25.6 Å². The normalized spacial score (nSPS) is 14.1. The lowest BCUT2D eigenvalue weighted by Crippen LogP contribution is -2.57. The number of carbonyl (C=O) groups excluding carboxylic acids is 3. The molecule has 0 spiro atoms. The van der Waals surface area contributed by atoms with Crippen LogP contribution >= 0.6 is 0 Å². The third-order valence-corrected chi connectivity index (χ3v) is 5.82. The Morgan fingerprint density at radius 1 is 0.974 bits per heavy atom. The van der Waals surface area contributed by atoms with Gasteiger partial charge in [0.1, 0.15) is 18.1 Å². The van der Waals surface area contributed by atoms with E-state index in [4.69, 9.17) is 22.9 Å². The van der Waals surface area contributed by atoms with E-state index in [1.165, 1.54) is 12.5 Å². The van der Waals surface area contributed by atoms with Crippen molar-refractivity contribution in [3.05, 3.63) is 18.2 Å². The summed E-state index contributed by atoms with van der Waals surface area (Å²) in [6, 6.07) is -4.14. The van der Waals surface area contributed by atoms with Crippen LogP contribution in [0.3, 0.4) is 0 Å². The highest BCUT2D eigenvalue weighted by Crippen LogP contribution is 2.09. The van der Waals surface area contributed by atoms with E-state index < -0.39 is 47.9 Å². The summed E-state index contributed by atoms with van der Waals surface area (Å²) < 4.78 is 0. The molecule has 0 aliphatic heterocycles. The van der Waals surface area contributed by atoms with Crippen molar-refractivity contribution in [3.63, 3.8) is 0 Å². The van der Waals surface area contributed by atoms with Gasteiger partial charge in [0.05, 0.1) is 12.4 Å². The van der Waals surface area contributed by atoms with Gasteiger partial charge in [-0.3, -0.25) is 19.4 Å². The zero-order valence-corrected chi connectivity index (χ0v) is 22.7. The number of carboxylic acids is 1. The summed E-state index contributed by atoms with van der Waals surface area (Å²) in [6.45, 7) is 4.49. The summed E-state index contributed by atoms with van der Waals surface area (Å²) in [5, 5.41) is 17.4. The van der Waals surface area contributed by atoms with Crippen molar-refractivity contribution in [3.8, 4) is 0 Å². The molecule has 15 nitrogen and oxygen atoms in total. The van der Waals surface area contributed by atoms with Crippen molar-refractivity contribution >= 4 is 29.7 Å². The van der Waals surface area contributed by atoms with Crippen LogP contribution in [0.1, 0.15) is 58.1 Å². The Balaban J connectivity index is 2.97. The summed E-state index contributed by atoms with van der Waals surface area (Å²) in [6.07, 6.45) is 5.32. The molecule has 220 valence electrons. The molecule has 0 bridgehead atoms. The molecule has 4 unspecified atom stereocenters. The minimum Gasteiger partial charge on any atom is -0.480 e. The fourth-order valence-electron chi connectivity index (χ4n) is 3.75. The third kappa shape index (κ3) is 13.6. The Hall–Kier alpha value is -3.72. The summed E-state index contributed by atoms with van der Waals surface area (Å²) in [5.74, 6) is -3.02. The minimum absolute atomic E-state index is 0.0259. The zero-order chi connectivity index (χ0) is 29.4. The van der Waals surface area contributed by atoms with Gasteiger partial charge in [0, 0.05) is 24.9 Å². The third-order valence-electron chi connectivity index (χ3n) is 5.82. The molecular formula is C24H44N10O5. The van der Waals surface area contributed by atoms with Crippen LogP contribution in [-0.4, -0.2) is 82.0 Å². The first-order chi connectivity index (χ1) is 18.4. The van der Waals surface area contributed by atoms with Gasteiger partial charge in [-0.1, -0.05) is 13.8 Å². The number of aliphatic imine (C=N–C) groups is 1. The second kappa shape index (κ2) is 17.7. The lowest BCUT2D eigenvalue weighted by atomic mass is 10.0. The van der Waals surface area contributed by atoms with E-state index >= 15 is 0 Å². The van der Waals surface area contributed by atoms with Crippen LogP contribution in [0.5, 0.6) is 0 Å². The van der Waals surface area contributed by atoms with Crippen molar-refractivity contribution in [2.75, 3.05) is 13.1 Å². The molecule has 1 aromatic heterocycles. The molecule has 0 saturated heterocycles. The number of hydrogen-bond acceptors (Lipinski definition) is 8. The number of aromatic nitrogens is 2. The maximum atomic E-state index is 13.3. The number of hydrogen-bond donors (Lipinski definition) is 9. The van der Waals surface area contributed by atoms with Crippen LogP contribution < -0.4 is 38.9 Å². The first kappa shape index (κ1) is 33.3. The molecule has 3 amide bonds. The van der Waals surface area contributed by atoms with Crippen LogP contribution in [0.25, 0.3) is 0 Å². The number of rotatable bonds is 19. The molecule has 39 heavy (non-hydrogen) atoms. The number of nitrogens with one attached hydrogen (secondary N) is 4. The van der Waals surface area contributed by atoms with E-state index in [1.54, 1.807) is 0 Å². The van der Waals surface area contributed by atoms with Crippen LogP contribution in [0.2, 0.25) is 0 Å². The number of imidazole rings is 1. The van der Waals surface area contributed by atoms with E-state index in [0.29, 0.717) is 44.5 Å². The quantitative estimate of drug-likeness (QED) is 0.0519. The SMILES string of the molecule is CC(C)CC(NC(=O)C(N)CCCN=C(N)N)C(=O)NC(Cc1cnc[nH]1)C(=O)NC(CCCCN)C(=O)O. The lowest BCUT2D eigenvalue weighted by Gasteiger charge is -2.26. The molecule has 0 aliphatic rings. The first-order valence-electron chi connectivity index (χ1n) is 13.1. The Morgan fingerprint density at radius 3 is 2.18 bits per heavy atom. The average molecular weight is 553 g/mol. The average Bonchev–Trinajstić information content (AvgIpc) is 3.37. The van der Waals surface area contributed by atoms with E-state index in [0.717, 1.165) is 0 Å². The number of guanidine groups is 1. The number of nitrogens with two attached hydrogens (primary N) is 4. The number of H-pyrrole nitrogens is 1. The molecule has 1 aromatic rings. The number of carboxylic acid groups (broad SMARTS) is 1. The predicted molar refractivity (Wildman–Crippen MR) is 146 cm³/mol. The maximum Gasteiger partial charge on any atom is 0.326 e. The van der Waals surface area contributed by atoms with Crippen molar-refractivity contribution in [2.45, 2.75) is 83.0 Å². The molecule has 1 rings (SSSR count). The first-order valence-corrected chi connectivity index (χ1v) is 13.1. The zero-order valence-electron chi connectivity index (χ0n) is 22.7. The monoisotopic (exact) mass is 552 g/mol. The van der Waals surface area contributed by atoms with Gasteiger partial charge >= 0.3 is 5.97 Å². The molecule has 0 saturated carbocycles. The fourth-order valence-corrected chi connectivity index (χ4v) is 3.75. The molecular weight excluding hydrogens is 508 g/mol. The summed E-state index contributed by atoms with van der Waals surface area (Å²) in [7, 11) is 0. The van der Waals surface area contributed by atoms with Crippen LogP contribution in [0.15, 0.2) is 17.5 Å². The Kier molecular flexibility index (Phi) is 15.1. The van der Waals surface area contributed by atoms with Gasteiger partial charge in [-0.2, -0.15) is 0 Å². The Morgan fingerprint density at radius 2 is 1.62 bits per heavy atom. The summed E-state index contributed by atoms with van der Waals surface area (Å²) in [4.78, 5) is 61.5. The predicted octanol–water partition coefficient (Wildman–Crippen LogP) is -1.95. The highest BCUT2D eigenvalue weighted by atomic mass is 16.4. The van der Waals surface area contributed by atoms with Gasteiger partial charge in [0.25, 0.3) is 0 Å². The standard InChI is InChI=1S/C24H44N10O5/c1-14(2)10-18(33-20(35)16(26)6-5-9-30-24(27)28)21(36)34-19(11-15-12-29-13-31-15)22(37)32-17(23(38)39)7-3-4-8-25/h12-14,16-19H,3-11,25-26H2,1-2H3,(H,29,31)(H,32,37)(H,33,35)(H,34,36)(H,38,39)(H4,27,28,30). The molecule has 1 heterocycles. The molecule has 4 atom stereocenters. The Labute approximate surface area is 228 Å². The fraction of sp³-hybridized carbons (Fsp3) is 0.667. The van der Waals surface area contributed by atoms with Crippen molar-refractivity contribution in [2.24, 2.45) is 33.8 Å². The van der Waals surface area contributed by atoms with Crippen LogP contribution in [0.4, 0.5) is 0 Å². The van der Waals surface area contributed by atoms with Crippen molar-refractivity contribution in [1.29, 1.82) is 0 Å². The topological polar surface area (TPSA) is 270 Å². The smallest absolute Gasteiger partial charge is 0.326 e. The number of nitrogens with zero attached hydrogens (tertiary/aromatic N) is 2. The van der Waals surface area contributed by atoms with E-state index in [2.05, 4.69) is 30.9 Å². The van der Waals surface area contributed by atoms with Crippen molar-refractivity contribution in [1.82, 2.24) is 25.9 Å². The molecule has 15 heteroatoms. The maximum absolute atomic E-state index is 13.3. The van der Waals surface area contributed by atoms with Gasteiger partial charge in [-0.25, -0.2) is 9.78 Å². The van der Waals surface area contributed by atoms with Crippen molar-refractivity contribution < 1.29 is 24.3 Å². The number of aliphatic carboxylic acids is 1. The van der Waals surface area contributed by atoms with E-state index in [9.17, 15) is 24.3 Å². The molecule has 13 N–H and O–H groups in total. The minimum atomic E-state index is -1.19. The molecule has 0 fully saturated rings. The van der Waals surface area contributed by atoms with Gasteiger partial charge in [-0.05, 0) is 51.0 Å². The highest BCUT2D eigenvalue weighted by molar-refractivity contribution is 5.94. The summed E-state index contributed by atoms with van der Waals surface area (Å²) >= 11 is 0. The van der Waals surface area contributed by atoms with Crippen LogP contribution in [0, 0.1) is 5.92 Å². The largest absolute Gasteiger partial charge is 0.480 e. The highest BCUT2D eigenvalue weighted by Gasteiger charge is 2.31. The molecule has 0 aliphatic carbocycles. The Bertz CT molecular complexity index is 934. The molecule has 0 radical (unpaired) electrons. The summed E-state index contributed by atoms with van der Waals surface area (Å²) in [5.41, 5.74) is 22.6. The second-order valence-electron chi connectivity index (χ2n) is 9.77. The number of amides is 3. The van der Waals surface area contributed by atoms with Gasteiger partial charge in [0.15, 0.2) is 5.96 Å². The van der Waals surface area contributed by atoms with E-state index in [1.807, 2.05) is 13.8 Å². The second-order valence-corrected chi connectivity index (χ2v) is 9.77. The van der Waals surface area contributed by atoms with E-state index in [-0.39, 0.29) is 31.1 Å².